The quantitative estimate of drug-likeness (QED) is 0.606. The summed E-state index contributed by atoms with van der Waals surface area (Å²) in [6.45, 7) is 7.28. The van der Waals surface area contributed by atoms with Crippen LogP contribution >= 0.6 is 11.8 Å². The zero-order valence-corrected chi connectivity index (χ0v) is 18.6. The van der Waals surface area contributed by atoms with Crippen LogP contribution in [0.15, 0.2) is 42.5 Å². The van der Waals surface area contributed by atoms with Gasteiger partial charge in [-0.2, -0.15) is 0 Å². The number of thioether (sulfide) groups is 1. The van der Waals surface area contributed by atoms with Gasteiger partial charge in [-0.3, -0.25) is 10.1 Å². The molecule has 6 nitrogen and oxygen atoms in total. The number of aliphatic carboxylic acids is 1. The second kappa shape index (κ2) is 9.62. The number of hydrogen-bond donors (Lipinski definition) is 2. The van der Waals surface area contributed by atoms with Gasteiger partial charge in [-0.15, -0.1) is 11.8 Å². The standard InChI is InChI=1S/C23H29NO5S/c1-23(2,3)18-13-17(27-4)9-10-20(18)29-12-11-28-16-7-5-15(6-8-16)21-24-19(14-30-21)22(25)26/h5-10,13,19,21,24H,11-12,14H2,1-4H3,(H,25,26). The summed E-state index contributed by atoms with van der Waals surface area (Å²) in [6, 6.07) is 13.1. The number of carbonyl (C=O) groups is 1. The molecular formula is C23H29NO5S. The van der Waals surface area contributed by atoms with Crippen molar-refractivity contribution in [3.63, 3.8) is 0 Å². The van der Waals surface area contributed by atoms with Crippen molar-refractivity contribution >= 4 is 17.7 Å². The molecule has 30 heavy (non-hydrogen) atoms. The molecule has 2 atom stereocenters. The summed E-state index contributed by atoms with van der Waals surface area (Å²) in [5.74, 6) is 2.16. The van der Waals surface area contributed by atoms with Gasteiger partial charge in [0.25, 0.3) is 0 Å². The first-order valence-corrected chi connectivity index (χ1v) is 11.0. The summed E-state index contributed by atoms with van der Waals surface area (Å²) in [7, 11) is 1.66. The maximum Gasteiger partial charge on any atom is 0.321 e. The highest BCUT2D eigenvalue weighted by atomic mass is 32.2. The Balaban J connectivity index is 1.51. The van der Waals surface area contributed by atoms with Gasteiger partial charge < -0.3 is 19.3 Å². The highest BCUT2D eigenvalue weighted by Crippen LogP contribution is 2.35. The largest absolute Gasteiger partial charge is 0.497 e. The fourth-order valence-corrected chi connectivity index (χ4v) is 4.44. The van der Waals surface area contributed by atoms with Crippen molar-refractivity contribution in [3.05, 3.63) is 53.6 Å². The van der Waals surface area contributed by atoms with E-state index in [2.05, 4.69) is 26.1 Å². The second-order valence-electron chi connectivity index (χ2n) is 8.15. The highest BCUT2D eigenvalue weighted by molar-refractivity contribution is 7.99. The Labute approximate surface area is 181 Å². The second-order valence-corrected chi connectivity index (χ2v) is 9.29. The lowest BCUT2D eigenvalue weighted by Gasteiger charge is -2.23. The van der Waals surface area contributed by atoms with Gasteiger partial charge in [-0.1, -0.05) is 32.9 Å². The first kappa shape index (κ1) is 22.3. The SMILES string of the molecule is COc1ccc(OCCOc2ccc(C3NC(C(=O)O)CS3)cc2)c(C(C)(C)C)c1. The molecule has 0 amide bonds. The van der Waals surface area contributed by atoms with E-state index in [-0.39, 0.29) is 10.8 Å². The molecule has 7 heteroatoms. The van der Waals surface area contributed by atoms with Crippen LogP contribution in [0.4, 0.5) is 0 Å². The number of methoxy groups -OCH3 is 1. The van der Waals surface area contributed by atoms with E-state index >= 15 is 0 Å². The lowest BCUT2D eigenvalue weighted by atomic mass is 9.86. The van der Waals surface area contributed by atoms with Crippen LogP contribution in [0.25, 0.3) is 0 Å². The predicted molar refractivity (Wildman–Crippen MR) is 119 cm³/mol. The lowest BCUT2D eigenvalue weighted by molar-refractivity contribution is -0.138. The fourth-order valence-electron chi connectivity index (χ4n) is 3.20. The van der Waals surface area contributed by atoms with Crippen molar-refractivity contribution in [2.24, 2.45) is 0 Å². The van der Waals surface area contributed by atoms with Crippen molar-refractivity contribution in [2.75, 3.05) is 26.1 Å². The minimum atomic E-state index is -0.809. The maximum atomic E-state index is 11.1. The third-order valence-corrected chi connectivity index (χ3v) is 6.13. The molecule has 0 spiro atoms. The Bertz CT molecular complexity index is 863. The van der Waals surface area contributed by atoms with Gasteiger partial charge in [-0.05, 0) is 41.3 Å². The third-order valence-electron chi connectivity index (χ3n) is 4.87. The summed E-state index contributed by atoms with van der Waals surface area (Å²) in [5.41, 5.74) is 2.07. The molecule has 0 aliphatic carbocycles. The molecule has 0 saturated carbocycles. The topological polar surface area (TPSA) is 77.0 Å². The number of nitrogens with one attached hydrogen (secondary N) is 1. The average molecular weight is 432 g/mol. The first-order chi connectivity index (χ1) is 14.3. The van der Waals surface area contributed by atoms with Gasteiger partial charge in [0.1, 0.15) is 36.5 Å². The van der Waals surface area contributed by atoms with E-state index < -0.39 is 12.0 Å². The van der Waals surface area contributed by atoms with Crippen molar-refractivity contribution in [1.82, 2.24) is 5.32 Å². The zero-order chi connectivity index (χ0) is 21.7. The number of rotatable bonds is 8. The number of carboxylic acids is 1. The van der Waals surface area contributed by atoms with Crippen LogP contribution in [0.5, 0.6) is 17.2 Å². The Kier molecular flexibility index (Phi) is 7.15. The molecular weight excluding hydrogens is 402 g/mol. The van der Waals surface area contributed by atoms with Gasteiger partial charge in [-0.25, -0.2) is 0 Å². The number of hydrogen-bond acceptors (Lipinski definition) is 6. The summed E-state index contributed by atoms with van der Waals surface area (Å²) >= 11 is 1.60. The molecule has 0 radical (unpaired) electrons. The molecule has 3 rings (SSSR count). The lowest BCUT2D eigenvalue weighted by Crippen LogP contribution is -2.33. The molecule has 0 aromatic heterocycles. The van der Waals surface area contributed by atoms with E-state index in [0.717, 1.165) is 28.4 Å². The monoisotopic (exact) mass is 431 g/mol. The molecule has 2 N–H and O–H groups in total. The van der Waals surface area contributed by atoms with Crippen LogP contribution in [-0.4, -0.2) is 43.2 Å². The number of benzene rings is 2. The van der Waals surface area contributed by atoms with Crippen LogP contribution in [0.1, 0.15) is 37.3 Å². The smallest absolute Gasteiger partial charge is 0.321 e. The number of carboxylic acid groups (broad SMARTS) is 1. The van der Waals surface area contributed by atoms with Crippen molar-refractivity contribution < 1.29 is 24.1 Å². The van der Waals surface area contributed by atoms with Crippen LogP contribution in [0.2, 0.25) is 0 Å². The molecule has 1 fully saturated rings. The number of ether oxygens (including phenoxy) is 3. The summed E-state index contributed by atoms with van der Waals surface area (Å²) in [5, 5.41) is 12.2. The molecule has 162 valence electrons. The van der Waals surface area contributed by atoms with Crippen LogP contribution in [0.3, 0.4) is 0 Å². The van der Waals surface area contributed by atoms with E-state index in [0.29, 0.717) is 19.0 Å². The zero-order valence-electron chi connectivity index (χ0n) is 17.8. The average Bonchev–Trinajstić information content (AvgIpc) is 3.21. The van der Waals surface area contributed by atoms with Crippen molar-refractivity contribution in [3.8, 4) is 17.2 Å². The van der Waals surface area contributed by atoms with Gasteiger partial charge >= 0.3 is 5.97 Å². The minimum absolute atomic E-state index is 0.00521. The molecule has 1 heterocycles. The van der Waals surface area contributed by atoms with Crippen LogP contribution in [-0.2, 0) is 10.2 Å². The Morgan fingerprint density at radius 1 is 1.10 bits per heavy atom. The van der Waals surface area contributed by atoms with E-state index in [9.17, 15) is 4.79 Å². The normalized spacial score (nSPS) is 18.8. The fraction of sp³-hybridized carbons (Fsp3) is 0.435. The van der Waals surface area contributed by atoms with Crippen molar-refractivity contribution in [1.29, 1.82) is 0 Å². The van der Waals surface area contributed by atoms with Crippen LogP contribution in [0, 0.1) is 0 Å². The Morgan fingerprint density at radius 3 is 2.37 bits per heavy atom. The summed E-state index contributed by atoms with van der Waals surface area (Å²) in [6.07, 6.45) is 0. The molecule has 1 aliphatic rings. The Morgan fingerprint density at radius 2 is 1.77 bits per heavy atom. The van der Waals surface area contributed by atoms with Gasteiger partial charge in [0, 0.05) is 11.3 Å². The molecule has 2 unspecified atom stereocenters. The van der Waals surface area contributed by atoms with E-state index in [1.807, 2.05) is 42.5 Å². The third kappa shape index (κ3) is 5.61. The first-order valence-electron chi connectivity index (χ1n) is 9.92. The van der Waals surface area contributed by atoms with E-state index in [1.165, 1.54) is 0 Å². The predicted octanol–water partition coefficient (Wildman–Crippen LogP) is 4.24. The molecule has 1 saturated heterocycles. The van der Waals surface area contributed by atoms with Gasteiger partial charge in [0.05, 0.1) is 12.5 Å². The molecule has 2 aromatic carbocycles. The van der Waals surface area contributed by atoms with Gasteiger partial charge in [0.15, 0.2) is 0 Å². The summed E-state index contributed by atoms with van der Waals surface area (Å²) in [4.78, 5) is 11.1. The van der Waals surface area contributed by atoms with Crippen molar-refractivity contribution in [2.45, 2.75) is 37.6 Å². The summed E-state index contributed by atoms with van der Waals surface area (Å²) < 4.78 is 17.1. The van der Waals surface area contributed by atoms with E-state index in [4.69, 9.17) is 19.3 Å². The molecule has 2 aromatic rings. The minimum Gasteiger partial charge on any atom is -0.497 e. The molecule has 1 aliphatic heterocycles. The Hall–Kier alpha value is -2.38. The van der Waals surface area contributed by atoms with E-state index in [1.54, 1.807) is 18.9 Å². The highest BCUT2D eigenvalue weighted by Gasteiger charge is 2.30. The molecule has 0 bridgehead atoms. The maximum absolute atomic E-state index is 11.1. The van der Waals surface area contributed by atoms with Gasteiger partial charge in [0.2, 0.25) is 0 Å². The van der Waals surface area contributed by atoms with Crippen LogP contribution < -0.4 is 19.5 Å².